The van der Waals surface area contributed by atoms with E-state index in [0.717, 1.165) is 10.9 Å². The number of nitrogens with one attached hydrogen (secondary N) is 1. The number of aryl methyl sites for hydroxylation is 1. The molecule has 118 valence electrons. The maximum Gasteiger partial charge on any atom is 0.243 e. The first-order valence-corrected chi connectivity index (χ1v) is 10.2. The summed E-state index contributed by atoms with van der Waals surface area (Å²) in [6.45, 7) is 1.88. The van der Waals surface area contributed by atoms with Crippen LogP contribution in [-0.2, 0) is 19.9 Å². The minimum absolute atomic E-state index is 0.0210. The van der Waals surface area contributed by atoms with Crippen molar-refractivity contribution in [2.24, 2.45) is 0 Å². The number of nitrogens with zero attached hydrogens (tertiary/aromatic N) is 1. The van der Waals surface area contributed by atoms with Crippen LogP contribution in [0.4, 0.5) is 0 Å². The van der Waals surface area contributed by atoms with Crippen molar-refractivity contribution in [3.05, 3.63) is 36.0 Å². The summed E-state index contributed by atoms with van der Waals surface area (Å²) in [6.07, 6.45) is 1.92. The Hall–Kier alpha value is -1.51. The van der Waals surface area contributed by atoms with Gasteiger partial charge in [-0.15, -0.1) is 0 Å². The number of aromatic nitrogens is 1. The molecule has 1 aromatic heterocycles. The summed E-state index contributed by atoms with van der Waals surface area (Å²) >= 11 is 0. The largest absolute Gasteiger partial charge is 0.255 e. The molecule has 6 nitrogen and oxygen atoms in total. The molecule has 0 radical (unpaired) electrons. The van der Waals surface area contributed by atoms with E-state index < -0.39 is 25.9 Å². The van der Waals surface area contributed by atoms with E-state index in [1.54, 1.807) is 18.3 Å². The number of hydrogen-bond donors (Lipinski definition) is 1. The Labute approximate surface area is 129 Å². The summed E-state index contributed by atoms with van der Waals surface area (Å²) in [5.41, 5.74) is 1.33. The Morgan fingerprint density at radius 1 is 1.32 bits per heavy atom. The van der Waals surface area contributed by atoms with Gasteiger partial charge in [-0.05, 0) is 31.0 Å². The minimum atomic E-state index is -3.81. The monoisotopic (exact) mass is 340 g/mol. The van der Waals surface area contributed by atoms with Crippen LogP contribution in [0.2, 0.25) is 0 Å². The predicted molar refractivity (Wildman–Crippen MR) is 83.9 cm³/mol. The highest BCUT2D eigenvalue weighted by Gasteiger charge is 2.32. The average Bonchev–Trinajstić information content (AvgIpc) is 2.76. The first-order chi connectivity index (χ1) is 10.3. The summed E-state index contributed by atoms with van der Waals surface area (Å²) in [5.74, 6) is -0.128. The molecule has 2 aromatic rings. The molecule has 22 heavy (non-hydrogen) atoms. The van der Waals surface area contributed by atoms with E-state index in [9.17, 15) is 16.8 Å². The second kappa shape index (κ2) is 5.29. The minimum Gasteiger partial charge on any atom is -0.255 e. The van der Waals surface area contributed by atoms with E-state index in [1.165, 1.54) is 6.07 Å². The summed E-state index contributed by atoms with van der Waals surface area (Å²) in [4.78, 5) is 4.29. The highest BCUT2D eigenvalue weighted by molar-refractivity contribution is 7.92. The lowest BCUT2D eigenvalue weighted by molar-refractivity contribution is 0.563. The molecular formula is C14H16N2O4S2. The molecule has 0 saturated carbocycles. The molecule has 1 aliphatic heterocycles. The molecule has 0 unspecified atom stereocenters. The van der Waals surface area contributed by atoms with Gasteiger partial charge in [0.2, 0.25) is 10.0 Å². The van der Waals surface area contributed by atoms with Crippen molar-refractivity contribution in [1.29, 1.82) is 0 Å². The van der Waals surface area contributed by atoms with Crippen molar-refractivity contribution >= 4 is 30.8 Å². The number of para-hydroxylation sites is 1. The van der Waals surface area contributed by atoms with Gasteiger partial charge in [-0.2, -0.15) is 0 Å². The maximum atomic E-state index is 12.6. The van der Waals surface area contributed by atoms with Gasteiger partial charge in [0.15, 0.2) is 9.84 Å². The predicted octanol–water partition coefficient (Wildman–Crippen LogP) is 1.01. The van der Waals surface area contributed by atoms with Crippen LogP contribution in [0.1, 0.15) is 12.0 Å². The molecule has 0 spiro atoms. The average molecular weight is 340 g/mol. The van der Waals surface area contributed by atoms with Gasteiger partial charge < -0.3 is 0 Å². The van der Waals surface area contributed by atoms with Gasteiger partial charge in [-0.1, -0.05) is 12.1 Å². The third-order valence-electron chi connectivity index (χ3n) is 3.65. The summed E-state index contributed by atoms with van der Waals surface area (Å²) in [6, 6.07) is 6.23. The molecule has 8 heteroatoms. The van der Waals surface area contributed by atoms with Crippen molar-refractivity contribution in [2.45, 2.75) is 24.3 Å². The summed E-state index contributed by atoms with van der Waals surface area (Å²) < 4.78 is 50.5. The molecule has 3 rings (SSSR count). The molecule has 1 aromatic carbocycles. The maximum absolute atomic E-state index is 12.6. The summed E-state index contributed by atoms with van der Waals surface area (Å²) in [5, 5.41) is 0.738. The zero-order valence-corrected chi connectivity index (χ0v) is 13.6. The lowest BCUT2D eigenvalue weighted by Gasteiger charge is -2.13. The van der Waals surface area contributed by atoms with Crippen molar-refractivity contribution in [2.75, 3.05) is 11.5 Å². The van der Waals surface area contributed by atoms with E-state index >= 15 is 0 Å². The normalized spacial score (nSPS) is 21.2. The van der Waals surface area contributed by atoms with Gasteiger partial charge in [0.1, 0.15) is 4.90 Å². The summed E-state index contributed by atoms with van der Waals surface area (Å²) in [7, 11) is -6.95. The lowest BCUT2D eigenvalue weighted by Crippen LogP contribution is -2.35. The van der Waals surface area contributed by atoms with Crippen LogP contribution in [-0.4, -0.2) is 39.4 Å². The number of hydrogen-bond acceptors (Lipinski definition) is 5. The zero-order valence-electron chi connectivity index (χ0n) is 12.0. The van der Waals surface area contributed by atoms with Crippen LogP contribution in [0.15, 0.2) is 35.4 Å². The molecular weight excluding hydrogens is 324 g/mol. The van der Waals surface area contributed by atoms with Gasteiger partial charge in [0.25, 0.3) is 0 Å². The van der Waals surface area contributed by atoms with Crippen LogP contribution >= 0.6 is 0 Å². The smallest absolute Gasteiger partial charge is 0.243 e. The number of rotatable bonds is 3. The highest BCUT2D eigenvalue weighted by Crippen LogP contribution is 2.23. The Kier molecular flexibility index (Phi) is 3.70. The first kappa shape index (κ1) is 15.4. The van der Waals surface area contributed by atoms with Gasteiger partial charge in [-0.3, -0.25) is 4.98 Å². The van der Waals surface area contributed by atoms with Gasteiger partial charge in [0.05, 0.1) is 17.0 Å². The molecule has 1 saturated heterocycles. The van der Waals surface area contributed by atoms with Crippen LogP contribution in [0.25, 0.3) is 10.9 Å². The van der Waals surface area contributed by atoms with E-state index in [4.69, 9.17) is 0 Å². The van der Waals surface area contributed by atoms with Gasteiger partial charge >= 0.3 is 0 Å². The topological polar surface area (TPSA) is 93.2 Å². The Morgan fingerprint density at radius 3 is 2.77 bits per heavy atom. The van der Waals surface area contributed by atoms with E-state index in [-0.39, 0.29) is 16.4 Å². The van der Waals surface area contributed by atoms with E-state index in [1.807, 2.05) is 13.0 Å². The molecule has 2 heterocycles. The Bertz CT molecular complexity index is 936. The lowest BCUT2D eigenvalue weighted by atomic mass is 10.2. The van der Waals surface area contributed by atoms with Crippen LogP contribution in [0.3, 0.4) is 0 Å². The fourth-order valence-corrected chi connectivity index (χ4v) is 5.86. The molecule has 1 N–H and O–H groups in total. The van der Waals surface area contributed by atoms with Crippen molar-refractivity contribution in [3.8, 4) is 0 Å². The van der Waals surface area contributed by atoms with Crippen molar-refractivity contribution in [3.63, 3.8) is 0 Å². The standard InChI is InChI=1S/C14H16N2O4S2/c1-10-7-11-3-2-4-13(14(11)15-8-10)22(19,20)16-12-5-6-21(17,18)9-12/h2-4,7-8,12,16H,5-6,9H2,1H3/t12-/m0/s1. The number of benzene rings is 1. The fourth-order valence-electron chi connectivity index (χ4n) is 2.63. The molecule has 0 bridgehead atoms. The second-order valence-corrected chi connectivity index (χ2v) is 9.47. The number of sulfone groups is 1. The SMILES string of the molecule is Cc1cnc2c(S(=O)(=O)N[C@H]3CCS(=O)(=O)C3)cccc2c1. The van der Waals surface area contributed by atoms with Crippen molar-refractivity contribution in [1.82, 2.24) is 9.71 Å². The third kappa shape index (κ3) is 2.99. The molecule has 0 aliphatic carbocycles. The van der Waals surface area contributed by atoms with Crippen molar-refractivity contribution < 1.29 is 16.8 Å². The molecule has 1 aliphatic rings. The molecule has 0 amide bonds. The van der Waals surface area contributed by atoms with Crippen LogP contribution in [0, 0.1) is 6.92 Å². The number of fused-ring (bicyclic) bond motifs is 1. The molecule has 1 atom stereocenters. The quantitative estimate of drug-likeness (QED) is 0.900. The van der Waals surface area contributed by atoms with E-state index in [2.05, 4.69) is 9.71 Å². The third-order valence-corrected chi connectivity index (χ3v) is 6.97. The number of sulfonamides is 1. The van der Waals surface area contributed by atoms with E-state index in [0.29, 0.717) is 11.9 Å². The number of pyridine rings is 1. The Balaban J connectivity index is 1.99. The van der Waals surface area contributed by atoms with Gasteiger partial charge in [0, 0.05) is 17.6 Å². The van der Waals surface area contributed by atoms with Gasteiger partial charge in [-0.25, -0.2) is 21.6 Å². The molecule has 1 fully saturated rings. The van der Waals surface area contributed by atoms with Crippen LogP contribution in [0.5, 0.6) is 0 Å². The highest BCUT2D eigenvalue weighted by atomic mass is 32.2. The zero-order chi connectivity index (χ0) is 16.0. The Morgan fingerprint density at radius 2 is 2.09 bits per heavy atom. The second-order valence-electron chi connectivity index (χ2n) is 5.56. The fraction of sp³-hybridized carbons (Fsp3) is 0.357. The van der Waals surface area contributed by atoms with Crippen LogP contribution < -0.4 is 4.72 Å². The first-order valence-electron chi connectivity index (χ1n) is 6.85.